The number of fused-ring (bicyclic) bond motifs is 1. The summed E-state index contributed by atoms with van der Waals surface area (Å²) in [5, 5.41) is 11.2. The Morgan fingerprint density at radius 1 is 1.33 bits per heavy atom. The van der Waals surface area contributed by atoms with Crippen molar-refractivity contribution in [2.75, 3.05) is 11.5 Å². The summed E-state index contributed by atoms with van der Waals surface area (Å²) in [5.41, 5.74) is 1.37. The smallest absolute Gasteiger partial charge is 0.150 e. The molecule has 1 heterocycles. The molecule has 0 aliphatic rings. The van der Waals surface area contributed by atoms with Gasteiger partial charge in [0.25, 0.3) is 0 Å². The van der Waals surface area contributed by atoms with Gasteiger partial charge in [0.15, 0.2) is 0 Å². The van der Waals surface area contributed by atoms with Crippen LogP contribution in [0.3, 0.4) is 0 Å². The number of aliphatic hydroxyl groups is 1. The van der Waals surface area contributed by atoms with Crippen LogP contribution >= 0.6 is 15.9 Å². The van der Waals surface area contributed by atoms with Crippen molar-refractivity contribution in [1.82, 2.24) is 4.98 Å². The number of aliphatic hydroxyl groups excluding tert-OH is 1. The van der Waals surface area contributed by atoms with Crippen molar-refractivity contribution in [3.05, 3.63) is 40.5 Å². The number of hydrogen-bond acceptors (Lipinski definition) is 4. The average Bonchev–Trinajstić information content (AvgIpc) is 2.46. The Kier molecular flexibility index (Phi) is 5.35. The Hall–Kier alpha value is -0.980. The van der Waals surface area contributed by atoms with Gasteiger partial charge in [0.2, 0.25) is 0 Å². The number of hydrogen-bond donors (Lipinski definition) is 1. The van der Waals surface area contributed by atoms with Crippen LogP contribution in [0.2, 0.25) is 0 Å². The molecule has 1 atom stereocenters. The molecule has 21 heavy (non-hydrogen) atoms. The van der Waals surface area contributed by atoms with Gasteiger partial charge in [-0.3, -0.25) is 0 Å². The summed E-state index contributed by atoms with van der Waals surface area (Å²) >= 11 is 3.42. The highest BCUT2D eigenvalue weighted by molar-refractivity contribution is 9.10. The van der Waals surface area contributed by atoms with Crippen LogP contribution in [0.5, 0.6) is 0 Å². The van der Waals surface area contributed by atoms with Gasteiger partial charge in [0, 0.05) is 15.6 Å². The molecular weight excluding hydrogens is 354 g/mol. The summed E-state index contributed by atoms with van der Waals surface area (Å²) in [7, 11) is -2.99. The zero-order valence-electron chi connectivity index (χ0n) is 11.8. The van der Waals surface area contributed by atoms with Crippen molar-refractivity contribution in [2.24, 2.45) is 0 Å². The molecule has 0 bridgehead atoms. The van der Waals surface area contributed by atoms with Gasteiger partial charge in [-0.05, 0) is 40.9 Å². The first-order chi connectivity index (χ1) is 9.93. The van der Waals surface area contributed by atoms with E-state index in [0.717, 1.165) is 15.4 Å². The van der Waals surface area contributed by atoms with Crippen LogP contribution in [0.4, 0.5) is 0 Å². The first-order valence-corrected chi connectivity index (χ1v) is 9.48. The number of para-hydroxylation sites is 1. The van der Waals surface area contributed by atoms with E-state index in [9.17, 15) is 13.5 Å². The van der Waals surface area contributed by atoms with E-state index in [1.807, 2.05) is 30.3 Å². The molecular formula is C15H18BrNO3S. The normalized spacial score (nSPS) is 13.5. The fraction of sp³-hybridized carbons (Fsp3) is 0.400. The van der Waals surface area contributed by atoms with E-state index in [1.54, 1.807) is 6.92 Å². The van der Waals surface area contributed by atoms with Crippen LogP contribution in [0.15, 0.2) is 34.8 Å². The zero-order chi connectivity index (χ0) is 15.5. The predicted molar refractivity (Wildman–Crippen MR) is 88.0 cm³/mol. The molecule has 0 aliphatic heterocycles. The van der Waals surface area contributed by atoms with Crippen LogP contribution in [-0.2, 0) is 9.84 Å². The molecule has 0 fully saturated rings. The molecule has 1 aromatic carbocycles. The molecule has 0 saturated heterocycles. The number of rotatable bonds is 6. The van der Waals surface area contributed by atoms with E-state index in [0.29, 0.717) is 18.5 Å². The van der Waals surface area contributed by atoms with Crippen LogP contribution in [0, 0.1) is 0 Å². The maximum absolute atomic E-state index is 11.5. The van der Waals surface area contributed by atoms with Crippen molar-refractivity contribution in [3.8, 4) is 0 Å². The largest absolute Gasteiger partial charge is 0.387 e. The second-order valence-corrected chi connectivity index (χ2v) is 8.27. The molecule has 1 N–H and O–H groups in total. The first-order valence-electron chi connectivity index (χ1n) is 6.86. The lowest BCUT2D eigenvalue weighted by molar-refractivity contribution is 0.161. The Bertz CT molecular complexity index is 731. The molecule has 0 amide bonds. The molecule has 6 heteroatoms. The number of aromatic nitrogens is 1. The fourth-order valence-electron chi connectivity index (χ4n) is 2.12. The summed E-state index contributed by atoms with van der Waals surface area (Å²) in [5.74, 6) is 0.243. The maximum atomic E-state index is 11.5. The molecule has 2 aromatic rings. The van der Waals surface area contributed by atoms with Crippen molar-refractivity contribution < 1.29 is 13.5 Å². The summed E-state index contributed by atoms with van der Waals surface area (Å²) in [6.07, 6.45) is 0.0394. The minimum absolute atomic E-state index is 0.103. The van der Waals surface area contributed by atoms with Crippen molar-refractivity contribution in [1.29, 1.82) is 0 Å². The number of halogens is 1. The Morgan fingerprint density at radius 2 is 2.05 bits per heavy atom. The van der Waals surface area contributed by atoms with Gasteiger partial charge in [-0.25, -0.2) is 13.4 Å². The van der Waals surface area contributed by atoms with Crippen molar-refractivity contribution >= 4 is 36.7 Å². The second kappa shape index (κ2) is 6.85. The number of benzene rings is 1. The van der Waals surface area contributed by atoms with Crippen LogP contribution in [0.25, 0.3) is 10.9 Å². The second-order valence-electron chi connectivity index (χ2n) is 4.94. The Balaban J connectivity index is 2.12. The molecule has 4 nitrogen and oxygen atoms in total. The molecule has 1 unspecified atom stereocenters. The van der Waals surface area contributed by atoms with E-state index in [1.165, 1.54) is 0 Å². The lowest BCUT2D eigenvalue weighted by atomic mass is 10.1. The number of nitrogens with zero attached hydrogens (tertiary/aromatic N) is 1. The van der Waals surface area contributed by atoms with Gasteiger partial charge >= 0.3 is 0 Å². The molecule has 114 valence electrons. The van der Waals surface area contributed by atoms with Crippen molar-refractivity contribution in [3.63, 3.8) is 0 Å². The molecule has 0 aliphatic carbocycles. The Morgan fingerprint density at radius 3 is 2.76 bits per heavy atom. The van der Waals surface area contributed by atoms with Crippen LogP contribution < -0.4 is 0 Å². The van der Waals surface area contributed by atoms with Crippen LogP contribution in [-0.4, -0.2) is 30.0 Å². The molecule has 0 saturated carbocycles. The Labute approximate surface area is 133 Å². The standard InChI is InChI=1S/C15H18BrNO3S/c1-2-21(19,20)9-5-8-14(18)15-12(16)10-11-6-3-4-7-13(11)17-15/h3-4,6-7,10,14,18H,2,5,8-9H2,1H3. The third-order valence-corrected chi connectivity index (χ3v) is 5.82. The predicted octanol–water partition coefficient (Wildman–Crippen LogP) is 3.25. The average molecular weight is 372 g/mol. The zero-order valence-corrected chi connectivity index (χ0v) is 14.2. The van der Waals surface area contributed by atoms with E-state index in [-0.39, 0.29) is 11.5 Å². The van der Waals surface area contributed by atoms with Gasteiger partial charge in [-0.2, -0.15) is 0 Å². The minimum Gasteiger partial charge on any atom is -0.387 e. The number of pyridine rings is 1. The SMILES string of the molecule is CCS(=O)(=O)CCCC(O)c1nc2ccccc2cc1Br. The number of sulfone groups is 1. The molecule has 1 aromatic heterocycles. The lowest BCUT2D eigenvalue weighted by Crippen LogP contribution is -2.10. The van der Waals surface area contributed by atoms with E-state index >= 15 is 0 Å². The summed E-state index contributed by atoms with van der Waals surface area (Å²) in [6, 6.07) is 9.59. The van der Waals surface area contributed by atoms with Crippen molar-refractivity contribution in [2.45, 2.75) is 25.9 Å². The highest BCUT2D eigenvalue weighted by Crippen LogP contribution is 2.28. The fourth-order valence-corrected chi connectivity index (χ4v) is 3.61. The minimum atomic E-state index is -2.99. The maximum Gasteiger partial charge on any atom is 0.150 e. The van der Waals surface area contributed by atoms with Gasteiger partial charge in [-0.15, -0.1) is 0 Å². The lowest BCUT2D eigenvalue weighted by Gasteiger charge is -2.13. The van der Waals surface area contributed by atoms with E-state index in [2.05, 4.69) is 20.9 Å². The summed E-state index contributed by atoms with van der Waals surface area (Å²) in [6.45, 7) is 1.63. The topological polar surface area (TPSA) is 67.3 Å². The third-order valence-electron chi connectivity index (χ3n) is 3.39. The summed E-state index contributed by atoms with van der Waals surface area (Å²) in [4.78, 5) is 4.46. The monoisotopic (exact) mass is 371 g/mol. The van der Waals surface area contributed by atoms with Gasteiger partial charge in [0.05, 0.1) is 23.1 Å². The van der Waals surface area contributed by atoms with Gasteiger partial charge in [-0.1, -0.05) is 25.1 Å². The highest BCUT2D eigenvalue weighted by Gasteiger charge is 2.16. The molecule has 0 spiro atoms. The highest BCUT2D eigenvalue weighted by atomic mass is 79.9. The van der Waals surface area contributed by atoms with E-state index < -0.39 is 15.9 Å². The summed E-state index contributed by atoms with van der Waals surface area (Å²) < 4.78 is 23.6. The third kappa shape index (κ3) is 4.25. The molecule has 0 radical (unpaired) electrons. The molecule has 2 rings (SSSR count). The first kappa shape index (κ1) is 16.4. The quantitative estimate of drug-likeness (QED) is 0.845. The van der Waals surface area contributed by atoms with E-state index in [4.69, 9.17) is 0 Å². The van der Waals surface area contributed by atoms with Gasteiger partial charge < -0.3 is 5.11 Å². The van der Waals surface area contributed by atoms with Crippen LogP contribution in [0.1, 0.15) is 31.6 Å². The van der Waals surface area contributed by atoms with Gasteiger partial charge in [0.1, 0.15) is 9.84 Å².